The van der Waals surface area contributed by atoms with Crippen molar-refractivity contribution in [2.24, 2.45) is 0 Å². The molecule has 1 aliphatic rings. The molecule has 4 atom stereocenters. The Kier molecular flexibility index (Phi) is 30.9. The van der Waals surface area contributed by atoms with E-state index in [1.54, 1.807) is 0 Å². The number of ether oxygens (including phenoxy) is 3. The van der Waals surface area contributed by atoms with Gasteiger partial charge in [0.15, 0.2) is 6.10 Å². The van der Waals surface area contributed by atoms with E-state index in [1.165, 1.54) is 83.5 Å². The second-order valence-corrected chi connectivity index (χ2v) is 17.6. The molecule has 1 saturated heterocycles. The molecule has 0 saturated carbocycles. The van der Waals surface area contributed by atoms with Crippen molar-refractivity contribution in [1.29, 1.82) is 0 Å². The summed E-state index contributed by atoms with van der Waals surface area (Å²) >= 11 is 0. The normalized spacial score (nSPS) is 17.6. The molecule has 320 valence electrons. The van der Waals surface area contributed by atoms with Crippen LogP contribution in [0.4, 0.5) is 0 Å². The lowest BCUT2D eigenvalue weighted by molar-refractivity contribution is -0.870. The van der Waals surface area contributed by atoms with Gasteiger partial charge in [0, 0.05) is 12.8 Å². The van der Waals surface area contributed by atoms with E-state index < -0.39 is 26.5 Å². The molecule has 55 heavy (non-hydrogen) atoms. The highest BCUT2D eigenvalue weighted by Gasteiger charge is 2.36. The van der Waals surface area contributed by atoms with E-state index in [2.05, 4.69) is 44.2 Å². The number of likely N-dealkylation sites (N-methyl/N-ethyl adjacent to an activating group) is 1. The average molecular weight is 799 g/mol. The Bertz CT molecular complexity index is 1100. The van der Waals surface area contributed by atoms with Gasteiger partial charge in [0.05, 0.1) is 40.0 Å². The van der Waals surface area contributed by atoms with Crippen LogP contribution in [-0.2, 0) is 37.4 Å². The molecule has 0 aromatic rings. The molecule has 1 fully saturated rings. The van der Waals surface area contributed by atoms with Gasteiger partial charge < -0.3 is 23.6 Å². The first-order valence-corrected chi connectivity index (χ1v) is 23.3. The van der Waals surface area contributed by atoms with E-state index in [0.717, 1.165) is 44.9 Å². The molecule has 0 spiro atoms. The van der Waals surface area contributed by atoms with Crippen molar-refractivity contribution >= 4 is 19.8 Å². The van der Waals surface area contributed by atoms with Crippen molar-refractivity contribution in [3.8, 4) is 0 Å². The maximum Gasteiger partial charge on any atom is 0.472 e. The van der Waals surface area contributed by atoms with E-state index in [1.807, 2.05) is 27.2 Å². The molecular weight excluding hydrogens is 717 g/mol. The summed E-state index contributed by atoms with van der Waals surface area (Å²) in [5.74, 6) is -0.868. The number of carbonyl (C=O) groups is 2. The first kappa shape index (κ1) is 51.2. The van der Waals surface area contributed by atoms with Gasteiger partial charge in [-0.1, -0.05) is 140 Å². The lowest BCUT2D eigenvalue weighted by Gasteiger charge is -2.24. The minimum Gasteiger partial charge on any atom is -0.462 e. The highest BCUT2D eigenvalue weighted by molar-refractivity contribution is 7.47. The zero-order valence-corrected chi connectivity index (χ0v) is 36.5. The summed E-state index contributed by atoms with van der Waals surface area (Å²) in [5.41, 5.74) is 0. The highest BCUT2D eigenvalue weighted by atomic mass is 31.2. The molecule has 1 heterocycles. The molecule has 1 aliphatic heterocycles. The molecule has 3 unspecified atom stereocenters. The first-order chi connectivity index (χ1) is 26.5. The quantitative estimate of drug-likeness (QED) is 0.0162. The zero-order valence-electron chi connectivity index (χ0n) is 35.6. The minimum absolute atomic E-state index is 0.0195. The summed E-state index contributed by atoms with van der Waals surface area (Å²) in [4.78, 5) is 35.3. The van der Waals surface area contributed by atoms with E-state index in [4.69, 9.17) is 23.3 Å². The molecule has 10 nitrogen and oxygen atoms in total. The number of quaternary nitrogens is 1. The Morgan fingerprint density at radius 1 is 0.655 bits per heavy atom. The molecule has 0 amide bonds. The molecule has 1 N–H and O–H groups in total. The van der Waals surface area contributed by atoms with Gasteiger partial charge in [0.1, 0.15) is 19.8 Å². The maximum atomic E-state index is 12.7. The van der Waals surface area contributed by atoms with E-state index in [9.17, 15) is 19.0 Å². The summed E-state index contributed by atoms with van der Waals surface area (Å²) in [6, 6.07) is 0. The Hall–Kier alpha value is -1.81. The summed E-state index contributed by atoms with van der Waals surface area (Å²) in [5, 5.41) is 0. The van der Waals surface area contributed by atoms with E-state index >= 15 is 0 Å². The van der Waals surface area contributed by atoms with Crippen LogP contribution >= 0.6 is 7.82 Å². The van der Waals surface area contributed by atoms with Gasteiger partial charge in [0.25, 0.3) is 0 Å². The van der Waals surface area contributed by atoms with Crippen LogP contribution in [-0.4, -0.2) is 87.1 Å². The standard InChI is InChI=1S/C44H80NO9P/c1-6-8-10-12-14-15-16-17-18-19-22-26-30-34-43(46)50-38-40(39-52-55(48,49)51-37-36-45(3,4)5)53-44(47)35-31-27-23-20-21-25-29-33-42-41(54-42)32-28-24-13-11-9-7-2/h20,23-25,28-29,40-42H,6-19,21-22,26-27,30-39H2,1-5H3/p+1/b23-20-,28-24-,29-25-/t40-,41?,42?/m1/s1. The predicted molar refractivity (Wildman–Crippen MR) is 224 cm³/mol. The third-order valence-corrected chi connectivity index (χ3v) is 10.6. The van der Waals surface area contributed by atoms with Crippen LogP contribution in [0.5, 0.6) is 0 Å². The number of rotatable bonds is 38. The van der Waals surface area contributed by atoms with Crippen LogP contribution < -0.4 is 0 Å². The number of epoxide rings is 1. The number of hydrogen-bond acceptors (Lipinski definition) is 8. The second-order valence-electron chi connectivity index (χ2n) is 16.1. The lowest BCUT2D eigenvalue weighted by Crippen LogP contribution is -2.37. The monoisotopic (exact) mass is 799 g/mol. The van der Waals surface area contributed by atoms with Crippen molar-refractivity contribution in [2.75, 3.05) is 47.5 Å². The van der Waals surface area contributed by atoms with E-state index in [-0.39, 0.29) is 32.0 Å². The molecule has 0 aromatic carbocycles. The van der Waals surface area contributed by atoms with Crippen LogP contribution in [0.15, 0.2) is 36.5 Å². The second kappa shape index (κ2) is 33.2. The van der Waals surface area contributed by atoms with Crippen molar-refractivity contribution < 1.29 is 46.8 Å². The lowest BCUT2D eigenvalue weighted by atomic mass is 10.0. The van der Waals surface area contributed by atoms with Gasteiger partial charge in [0.2, 0.25) is 0 Å². The third-order valence-electron chi connectivity index (χ3n) is 9.58. The number of phosphoric acid groups is 1. The van der Waals surface area contributed by atoms with Crippen LogP contribution in [0.1, 0.15) is 168 Å². The van der Waals surface area contributed by atoms with E-state index in [0.29, 0.717) is 36.1 Å². The fraction of sp³-hybridized carbons (Fsp3) is 0.818. The Morgan fingerprint density at radius 3 is 1.78 bits per heavy atom. The van der Waals surface area contributed by atoms with Crippen molar-refractivity contribution in [3.63, 3.8) is 0 Å². The van der Waals surface area contributed by atoms with Crippen molar-refractivity contribution in [2.45, 2.75) is 186 Å². The van der Waals surface area contributed by atoms with Crippen molar-refractivity contribution in [1.82, 2.24) is 0 Å². The molecular formula is C44H81NO9P+. The Labute approximate surface area is 336 Å². The van der Waals surface area contributed by atoms with Crippen LogP contribution in [0, 0.1) is 0 Å². The maximum absolute atomic E-state index is 12.7. The predicted octanol–water partition coefficient (Wildman–Crippen LogP) is 11.1. The minimum atomic E-state index is -4.39. The van der Waals surface area contributed by atoms with Crippen LogP contribution in [0.3, 0.4) is 0 Å². The fourth-order valence-electron chi connectivity index (χ4n) is 5.99. The van der Waals surface area contributed by atoms with Gasteiger partial charge in [-0.25, -0.2) is 4.57 Å². The molecule has 1 rings (SSSR count). The molecule has 11 heteroatoms. The van der Waals surface area contributed by atoms with Crippen LogP contribution in [0.25, 0.3) is 0 Å². The van der Waals surface area contributed by atoms with Gasteiger partial charge in [-0.3, -0.25) is 18.6 Å². The number of allylic oxidation sites excluding steroid dienone is 4. The Balaban J connectivity index is 2.33. The molecule has 0 aromatic heterocycles. The number of esters is 2. The summed E-state index contributed by atoms with van der Waals surface area (Å²) in [7, 11) is 1.43. The average Bonchev–Trinajstić information content (AvgIpc) is 3.89. The summed E-state index contributed by atoms with van der Waals surface area (Å²) < 4.78 is 40.0. The largest absolute Gasteiger partial charge is 0.472 e. The summed E-state index contributed by atoms with van der Waals surface area (Å²) in [6.07, 6.45) is 37.9. The summed E-state index contributed by atoms with van der Waals surface area (Å²) in [6.45, 7) is 4.31. The topological polar surface area (TPSA) is 121 Å². The highest BCUT2D eigenvalue weighted by Crippen LogP contribution is 2.43. The molecule has 0 radical (unpaired) electrons. The molecule has 0 bridgehead atoms. The molecule has 0 aliphatic carbocycles. The number of phosphoric ester groups is 1. The SMILES string of the molecule is CCCCC/C=C\CC1OC1C/C=C\C/C=C\CCCC(=O)O[C@H](COC(=O)CCCCCCCCCCCCCCC)COP(=O)(O)OCC[N+](C)(C)C. The number of carbonyl (C=O) groups excluding carboxylic acids is 2. The van der Waals surface area contributed by atoms with Crippen LogP contribution in [0.2, 0.25) is 0 Å². The van der Waals surface area contributed by atoms with Gasteiger partial charge >= 0.3 is 19.8 Å². The first-order valence-electron chi connectivity index (χ1n) is 21.8. The fourth-order valence-corrected chi connectivity index (χ4v) is 6.73. The zero-order chi connectivity index (χ0) is 40.5. The van der Waals surface area contributed by atoms with Crippen molar-refractivity contribution in [3.05, 3.63) is 36.5 Å². The third kappa shape index (κ3) is 34.0. The van der Waals surface area contributed by atoms with Gasteiger partial charge in [-0.05, 0) is 51.4 Å². The number of hydrogen-bond donors (Lipinski definition) is 1. The number of nitrogens with zero attached hydrogens (tertiary/aromatic N) is 1. The van der Waals surface area contributed by atoms with Gasteiger partial charge in [-0.2, -0.15) is 0 Å². The van der Waals surface area contributed by atoms with Gasteiger partial charge in [-0.15, -0.1) is 0 Å². The smallest absolute Gasteiger partial charge is 0.462 e. The number of unbranched alkanes of at least 4 members (excludes halogenated alkanes) is 16. The Morgan fingerprint density at radius 2 is 1.16 bits per heavy atom.